The standard InChI is InChI=1S/C15H23FN2O3/c1-17(2)13(19)7-11-6-10-8-18(9-12(10)21-11)14(20)15(16)4-3-5-15/h10-12H,3-9H2,1-2H3/t10-,11+,12+/m0/s1. The molecule has 1 saturated carbocycles. The molecule has 21 heavy (non-hydrogen) atoms. The van der Waals surface area contributed by atoms with Crippen LogP contribution in [0, 0.1) is 5.92 Å². The number of ether oxygens (including phenoxy) is 1. The van der Waals surface area contributed by atoms with Crippen molar-refractivity contribution in [2.24, 2.45) is 5.92 Å². The number of alkyl halides is 1. The summed E-state index contributed by atoms with van der Waals surface area (Å²) in [7, 11) is 3.47. The highest BCUT2D eigenvalue weighted by Crippen LogP contribution is 2.41. The van der Waals surface area contributed by atoms with Crippen molar-refractivity contribution < 1.29 is 18.7 Å². The second-order valence-corrected chi connectivity index (χ2v) is 6.81. The van der Waals surface area contributed by atoms with Crippen LogP contribution in [-0.4, -0.2) is 66.7 Å². The molecule has 0 bridgehead atoms. The molecule has 2 saturated heterocycles. The molecule has 3 aliphatic rings. The minimum absolute atomic E-state index is 0.0300. The van der Waals surface area contributed by atoms with Gasteiger partial charge in [-0.3, -0.25) is 9.59 Å². The highest BCUT2D eigenvalue weighted by molar-refractivity contribution is 5.86. The molecular weight excluding hydrogens is 275 g/mol. The molecule has 0 unspecified atom stereocenters. The predicted octanol–water partition coefficient (Wildman–Crippen LogP) is 0.973. The quantitative estimate of drug-likeness (QED) is 0.780. The lowest BCUT2D eigenvalue weighted by Gasteiger charge is -2.35. The predicted molar refractivity (Wildman–Crippen MR) is 74.3 cm³/mol. The van der Waals surface area contributed by atoms with E-state index in [1.807, 2.05) is 0 Å². The molecule has 0 spiro atoms. The van der Waals surface area contributed by atoms with E-state index in [9.17, 15) is 14.0 Å². The first kappa shape index (κ1) is 14.8. The summed E-state index contributed by atoms with van der Waals surface area (Å²) in [5.41, 5.74) is -1.61. The first-order chi connectivity index (χ1) is 9.89. The van der Waals surface area contributed by atoms with Gasteiger partial charge in [-0.25, -0.2) is 4.39 Å². The Bertz CT molecular complexity index is 436. The number of carbonyl (C=O) groups is 2. The molecule has 6 heteroatoms. The van der Waals surface area contributed by atoms with Gasteiger partial charge in [-0.1, -0.05) is 0 Å². The normalized spacial score (nSPS) is 33.5. The molecule has 0 aromatic carbocycles. The van der Waals surface area contributed by atoms with Crippen LogP contribution in [0.5, 0.6) is 0 Å². The van der Waals surface area contributed by atoms with Gasteiger partial charge in [-0.15, -0.1) is 0 Å². The van der Waals surface area contributed by atoms with E-state index in [1.165, 1.54) is 0 Å². The summed E-state index contributed by atoms with van der Waals surface area (Å²) in [6.45, 7) is 1.05. The van der Waals surface area contributed by atoms with Crippen LogP contribution in [0.2, 0.25) is 0 Å². The highest BCUT2D eigenvalue weighted by Gasteiger charge is 2.51. The molecule has 1 aliphatic carbocycles. The molecule has 5 nitrogen and oxygen atoms in total. The average Bonchev–Trinajstić information content (AvgIpc) is 2.92. The second kappa shape index (κ2) is 5.23. The van der Waals surface area contributed by atoms with Crippen LogP contribution in [0.1, 0.15) is 32.1 Å². The number of fused-ring (bicyclic) bond motifs is 1. The fourth-order valence-electron chi connectivity index (χ4n) is 3.52. The van der Waals surface area contributed by atoms with Crippen molar-refractivity contribution in [1.82, 2.24) is 9.80 Å². The Kier molecular flexibility index (Phi) is 3.67. The van der Waals surface area contributed by atoms with Gasteiger partial charge in [0.15, 0.2) is 5.67 Å². The van der Waals surface area contributed by atoms with Crippen molar-refractivity contribution in [1.29, 1.82) is 0 Å². The number of nitrogens with zero attached hydrogens (tertiary/aromatic N) is 2. The molecular formula is C15H23FN2O3. The number of hydrogen-bond donors (Lipinski definition) is 0. The highest BCUT2D eigenvalue weighted by atomic mass is 19.1. The number of hydrogen-bond acceptors (Lipinski definition) is 3. The third-order valence-electron chi connectivity index (χ3n) is 5.03. The fraction of sp³-hybridized carbons (Fsp3) is 0.867. The van der Waals surface area contributed by atoms with E-state index in [0.29, 0.717) is 32.4 Å². The van der Waals surface area contributed by atoms with Gasteiger partial charge in [0.1, 0.15) is 0 Å². The van der Waals surface area contributed by atoms with E-state index in [1.54, 1.807) is 23.9 Å². The lowest BCUT2D eigenvalue weighted by Crippen LogP contribution is -2.50. The maximum atomic E-state index is 14.2. The van der Waals surface area contributed by atoms with Gasteiger partial charge in [0.05, 0.1) is 18.6 Å². The Balaban J connectivity index is 1.52. The largest absolute Gasteiger partial charge is 0.372 e. The number of rotatable bonds is 3. The zero-order chi connectivity index (χ0) is 15.2. The summed E-state index contributed by atoms with van der Waals surface area (Å²) in [6.07, 6.45) is 2.60. The zero-order valence-corrected chi connectivity index (χ0v) is 12.7. The number of amides is 2. The third-order valence-corrected chi connectivity index (χ3v) is 5.03. The van der Waals surface area contributed by atoms with Gasteiger partial charge < -0.3 is 14.5 Å². The maximum absolute atomic E-state index is 14.2. The molecule has 0 radical (unpaired) electrons. The molecule has 3 fully saturated rings. The van der Waals surface area contributed by atoms with E-state index in [0.717, 1.165) is 12.8 Å². The summed E-state index contributed by atoms with van der Waals surface area (Å²) in [5.74, 6) is -0.0460. The third kappa shape index (κ3) is 2.65. The molecule has 2 amide bonds. The Labute approximate surface area is 124 Å². The van der Waals surface area contributed by atoms with Crippen LogP contribution in [-0.2, 0) is 14.3 Å². The van der Waals surface area contributed by atoms with Crippen LogP contribution in [0.3, 0.4) is 0 Å². The monoisotopic (exact) mass is 298 g/mol. The van der Waals surface area contributed by atoms with Gasteiger partial charge in [-0.2, -0.15) is 0 Å². The molecule has 118 valence electrons. The Morgan fingerprint density at radius 2 is 2.05 bits per heavy atom. The van der Waals surface area contributed by atoms with Crippen molar-refractivity contribution in [2.45, 2.75) is 50.0 Å². The van der Waals surface area contributed by atoms with Crippen molar-refractivity contribution in [3.63, 3.8) is 0 Å². The van der Waals surface area contributed by atoms with E-state index in [2.05, 4.69) is 0 Å². The molecule has 2 heterocycles. The second-order valence-electron chi connectivity index (χ2n) is 6.81. The summed E-state index contributed by atoms with van der Waals surface area (Å²) >= 11 is 0. The summed E-state index contributed by atoms with van der Waals surface area (Å²) in [4.78, 5) is 27.1. The zero-order valence-electron chi connectivity index (χ0n) is 12.7. The van der Waals surface area contributed by atoms with Crippen LogP contribution in [0.15, 0.2) is 0 Å². The summed E-state index contributed by atoms with van der Waals surface area (Å²) < 4.78 is 20.1. The Morgan fingerprint density at radius 1 is 1.33 bits per heavy atom. The van der Waals surface area contributed by atoms with Crippen molar-refractivity contribution in [2.75, 3.05) is 27.2 Å². The van der Waals surface area contributed by atoms with Crippen LogP contribution < -0.4 is 0 Å². The lowest BCUT2D eigenvalue weighted by atomic mass is 9.81. The topological polar surface area (TPSA) is 49.9 Å². The van der Waals surface area contributed by atoms with Gasteiger partial charge in [0.25, 0.3) is 5.91 Å². The van der Waals surface area contributed by atoms with Gasteiger partial charge in [-0.05, 0) is 25.7 Å². The van der Waals surface area contributed by atoms with Gasteiger partial charge in [0.2, 0.25) is 5.91 Å². The maximum Gasteiger partial charge on any atom is 0.260 e. The van der Waals surface area contributed by atoms with E-state index >= 15 is 0 Å². The molecule has 3 atom stereocenters. The summed E-state index contributed by atoms with van der Waals surface area (Å²) in [6, 6.07) is 0. The van der Waals surface area contributed by atoms with E-state index < -0.39 is 5.67 Å². The fourth-order valence-corrected chi connectivity index (χ4v) is 3.52. The molecule has 3 rings (SSSR count). The van der Waals surface area contributed by atoms with Crippen LogP contribution in [0.4, 0.5) is 4.39 Å². The molecule has 0 aromatic rings. The minimum atomic E-state index is -1.61. The number of likely N-dealkylation sites (tertiary alicyclic amines) is 1. The first-order valence-electron chi connectivity index (χ1n) is 7.73. The van der Waals surface area contributed by atoms with Gasteiger partial charge >= 0.3 is 0 Å². The van der Waals surface area contributed by atoms with E-state index in [4.69, 9.17) is 4.74 Å². The Hall–Kier alpha value is -1.17. The molecule has 0 N–H and O–H groups in total. The van der Waals surface area contributed by atoms with Crippen molar-refractivity contribution >= 4 is 11.8 Å². The van der Waals surface area contributed by atoms with Crippen LogP contribution >= 0.6 is 0 Å². The SMILES string of the molecule is CN(C)C(=O)C[C@H]1C[C@H]2CN(C(=O)C3(F)CCC3)C[C@H]2O1. The van der Waals surface area contributed by atoms with Crippen molar-refractivity contribution in [3.05, 3.63) is 0 Å². The smallest absolute Gasteiger partial charge is 0.260 e. The van der Waals surface area contributed by atoms with Crippen molar-refractivity contribution in [3.8, 4) is 0 Å². The number of carbonyl (C=O) groups excluding carboxylic acids is 2. The van der Waals surface area contributed by atoms with Gasteiger partial charge in [0, 0.05) is 33.1 Å². The average molecular weight is 298 g/mol. The summed E-state index contributed by atoms with van der Waals surface area (Å²) in [5, 5.41) is 0. The minimum Gasteiger partial charge on any atom is -0.372 e. The van der Waals surface area contributed by atoms with E-state index in [-0.39, 0.29) is 29.9 Å². The lowest BCUT2D eigenvalue weighted by molar-refractivity contribution is -0.150. The Morgan fingerprint density at radius 3 is 2.57 bits per heavy atom. The number of halogens is 1. The molecule has 2 aliphatic heterocycles. The van der Waals surface area contributed by atoms with Crippen LogP contribution in [0.25, 0.3) is 0 Å². The first-order valence-corrected chi connectivity index (χ1v) is 7.73. The molecule has 0 aromatic heterocycles.